The number of hydrogen-bond acceptors (Lipinski definition) is 6. The highest BCUT2D eigenvalue weighted by atomic mass is 15.1. The minimum Gasteiger partial charge on any atom is -0.370 e. The predicted octanol–water partition coefficient (Wildman–Crippen LogP) is 2.50. The van der Waals surface area contributed by atoms with Crippen LogP contribution in [0.2, 0.25) is 0 Å². The zero-order valence-electron chi connectivity index (χ0n) is 12.4. The maximum Gasteiger partial charge on any atom is 0.136 e. The smallest absolute Gasteiger partial charge is 0.136 e. The van der Waals surface area contributed by atoms with Crippen LogP contribution in [0.5, 0.6) is 0 Å². The van der Waals surface area contributed by atoms with E-state index < -0.39 is 0 Å². The van der Waals surface area contributed by atoms with Gasteiger partial charge in [0.15, 0.2) is 0 Å². The van der Waals surface area contributed by atoms with Crippen LogP contribution in [0.3, 0.4) is 0 Å². The molecule has 0 radical (unpaired) electrons. The zero-order chi connectivity index (χ0) is 14.7. The van der Waals surface area contributed by atoms with Crippen LogP contribution < -0.4 is 10.6 Å². The van der Waals surface area contributed by atoms with Gasteiger partial charge in [-0.1, -0.05) is 0 Å². The van der Waals surface area contributed by atoms with E-state index in [9.17, 15) is 0 Å². The maximum absolute atomic E-state index is 4.61. The van der Waals surface area contributed by atoms with Crippen molar-refractivity contribution in [1.29, 1.82) is 0 Å². The fourth-order valence-electron chi connectivity index (χ4n) is 2.14. The van der Waals surface area contributed by atoms with Crippen LogP contribution in [0.15, 0.2) is 18.3 Å². The Hall–Kier alpha value is -2.24. The lowest BCUT2D eigenvalue weighted by Crippen LogP contribution is -2.09. The fourth-order valence-corrected chi connectivity index (χ4v) is 2.14. The summed E-state index contributed by atoms with van der Waals surface area (Å²) < 4.78 is 0. The molecule has 0 unspecified atom stereocenters. The third kappa shape index (κ3) is 3.65. The number of hydrogen-bond donors (Lipinski definition) is 2. The van der Waals surface area contributed by atoms with E-state index in [0.29, 0.717) is 12.5 Å². The lowest BCUT2D eigenvalue weighted by atomic mass is 10.3. The topological polar surface area (TPSA) is 75.6 Å². The third-order valence-electron chi connectivity index (χ3n) is 3.33. The van der Waals surface area contributed by atoms with Gasteiger partial charge in [0.05, 0.1) is 12.2 Å². The van der Waals surface area contributed by atoms with E-state index in [1.54, 1.807) is 6.20 Å². The van der Waals surface area contributed by atoms with Gasteiger partial charge in [-0.05, 0) is 32.8 Å². The second-order valence-electron chi connectivity index (χ2n) is 5.25. The molecule has 0 spiro atoms. The van der Waals surface area contributed by atoms with Gasteiger partial charge in [-0.2, -0.15) is 0 Å². The first-order valence-electron chi connectivity index (χ1n) is 7.40. The molecule has 6 heteroatoms. The van der Waals surface area contributed by atoms with Crippen LogP contribution in [0, 0.1) is 6.92 Å². The standard InChI is InChI=1S/C15H20N6/c1-3-16-13-8-14(21-15(20-13)11-4-5-11)18-9-12-6-7-17-10(2)19-12/h6-8,11H,3-5,9H2,1-2H3,(H2,16,18,20,21). The normalized spacial score (nSPS) is 14.0. The summed E-state index contributed by atoms with van der Waals surface area (Å²) in [5.74, 6) is 3.99. The van der Waals surface area contributed by atoms with Gasteiger partial charge in [-0.15, -0.1) is 0 Å². The maximum atomic E-state index is 4.61. The van der Waals surface area contributed by atoms with E-state index in [2.05, 4.69) is 37.5 Å². The van der Waals surface area contributed by atoms with Crippen molar-refractivity contribution in [2.24, 2.45) is 0 Å². The van der Waals surface area contributed by atoms with Gasteiger partial charge in [0.2, 0.25) is 0 Å². The Morgan fingerprint density at radius 1 is 1.14 bits per heavy atom. The Balaban J connectivity index is 1.74. The average Bonchev–Trinajstić information content (AvgIpc) is 3.30. The van der Waals surface area contributed by atoms with Gasteiger partial charge < -0.3 is 10.6 Å². The third-order valence-corrected chi connectivity index (χ3v) is 3.33. The molecule has 1 aliphatic carbocycles. The summed E-state index contributed by atoms with van der Waals surface area (Å²) in [7, 11) is 0. The van der Waals surface area contributed by atoms with E-state index >= 15 is 0 Å². The molecule has 0 bridgehead atoms. The van der Waals surface area contributed by atoms with Crippen LogP contribution in [-0.4, -0.2) is 26.5 Å². The van der Waals surface area contributed by atoms with Crippen LogP contribution >= 0.6 is 0 Å². The van der Waals surface area contributed by atoms with E-state index in [4.69, 9.17) is 0 Å². The van der Waals surface area contributed by atoms with Gasteiger partial charge >= 0.3 is 0 Å². The largest absolute Gasteiger partial charge is 0.370 e. The Morgan fingerprint density at radius 3 is 2.57 bits per heavy atom. The van der Waals surface area contributed by atoms with Gasteiger partial charge in [-0.3, -0.25) is 0 Å². The second-order valence-corrected chi connectivity index (χ2v) is 5.25. The molecular formula is C15H20N6. The summed E-state index contributed by atoms with van der Waals surface area (Å²) in [5, 5.41) is 6.59. The first-order chi connectivity index (χ1) is 10.2. The molecule has 21 heavy (non-hydrogen) atoms. The lowest BCUT2D eigenvalue weighted by molar-refractivity contribution is 0.906. The Morgan fingerprint density at radius 2 is 1.90 bits per heavy atom. The van der Waals surface area contributed by atoms with E-state index in [-0.39, 0.29) is 0 Å². The summed E-state index contributed by atoms with van der Waals surface area (Å²) in [6, 6.07) is 3.86. The zero-order valence-corrected chi connectivity index (χ0v) is 12.4. The molecule has 6 nitrogen and oxygen atoms in total. The monoisotopic (exact) mass is 284 g/mol. The number of aromatic nitrogens is 4. The Kier molecular flexibility index (Phi) is 3.94. The SMILES string of the molecule is CCNc1cc(NCc2ccnc(C)n2)nc(C2CC2)n1. The van der Waals surface area contributed by atoms with Crippen molar-refractivity contribution in [2.75, 3.05) is 17.2 Å². The van der Waals surface area contributed by atoms with Crippen molar-refractivity contribution in [2.45, 2.75) is 39.2 Å². The number of anilines is 2. The average molecular weight is 284 g/mol. The molecular weight excluding hydrogens is 264 g/mol. The molecule has 2 aromatic rings. The Labute approximate surface area is 124 Å². The summed E-state index contributed by atoms with van der Waals surface area (Å²) in [4.78, 5) is 17.7. The highest BCUT2D eigenvalue weighted by molar-refractivity contribution is 5.48. The van der Waals surface area contributed by atoms with Crippen molar-refractivity contribution in [3.05, 3.63) is 35.7 Å². The minimum atomic E-state index is 0.533. The highest BCUT2D eigenvalue weighted by Gasteiger charge is 2.27. The molecule has 1 saturated carbocycles. The molecule has 2 aromatic heterocycles. The van der Waals surface area contributed by atoms with Crippen LogP contribution in [-0.2, 0) is 6.54 Å². The molecule has 1 aliphatic rings. The predicted molar refractivity (Wildman–Crippen MR) is 82.3 cm³/mol. The van der Waals surface area contributed by atoms with E-state index in [0.717, 1.165) is 35.5 Å². The number of rotatable bonds is 6. The molecule has 0 aromatic carbocycles. The van der Waals surface area contributed by atoms with Crippen molar-refractivity contribution < 1.29 is 0 Å². The first kappa shape index (κ1) is 13.7. The molecule has 2 N–H and O–H groups in total. The summed E-state index contributed by atoms with van der Waals surface area (Å²) >= 11 is 0. The van der Waals surface area contributed by atoms with Crippen LogP contribution in [0.1, 0.15) is 43.0 Å². The van der Waals surface area contributed by atoms with Crippen molar-refractivity contribution in [1.82, 2.24) is 19.9 Å². The van der Waals surface area contributed by atoms with E-state index in [1.165, 1.54) is 12.8 Å². The van der Waals surface area contributed by atoms with Crippen molar-refractivity contribution in [3.63, 3.8) is 0 Å². The van der Waals surface area contributed by atoms with Gasteiger partial charge in [0, 0.05) is 24.7 Å². The number of nitrogens with one attached hydrogen (secondary N) is 2. The summed E-state index contributed by atoms with van der Waals surface area (Å²) in [6.07, 6.45) is 4.17. The fraction of sp³-hybridized carbons (Fsp3) is 0.467. The van der Waals surface area contributed by atoms with Gasteiger partial charge in [0.25, 0.3) is 0 Å². The first-order valence-corrected chi connectivity index (χ1v) is 7.40. The number of nitrogens with zero attached hydrogens (tertiary/aromatic N) is 4. The molecule has 0 aliphatic heterocycles. The van der Waals surface area contributed by atoms with Crippen molar-refractivity contribution >= 4 is 11.6 Å². The van der Waals surface area contributed by atoms with Crippen molar-refractivity contribution in [3.8, 4) is 0 Å². The summed E-state index contributed by atoms with van der Waals surface area (Å²) in [5.41, 5.74) is 0.957. The summed E-state index contributed by atoms with van der Waals surface area (Å²) in [6.45, 7) is 5.44. The quantitative estimate of drug-likeness (QED) is 0.849. The lowest BCUT2D eigenvalue weighted by Gasteiger charge is -2.10. The van der Waals surface area contributed by atoms with Crippen LogP contribution in [0.25, 0.3) is 0 Å². The van der Waals surface area contributed by atoms with Gasteiger partial charge in [0.1, 0.15) is 23.3 Å². The molecule has 110 valence electrons. The van der Waals surface area contributed by atoms with Gasteiger partial charge in [-0.25, -0.2) is 19.9 Å². The van der Waals surface area contributed by atoms with E-state index in [1.807, 2.05) is 19.1 Å². The number of aryl methyl sites for hydroxylation is 1. The highest BCUT2D eigenvalue weighted by Crippen LogP contribution is 2.38. The molecule has 0 atom stereocenters. The molecule has 2 heterocycles. The Bertz CT molecular complexity index is 623. The van der Waals surface area contributed by atoms with Crippen LogP contribution in [0.4, 0.5) is 11.6 Å². The minimum absolute atomic E-state index is 0.533. The molecule has 0 amide bonds. The molecule has 1 fully saturated rings. The second kappa shape index (κ2) is 6.03. The molecule has 0 saturated heterocycles. The molecule has 3 rings (SSSR count).